The summed E-state index contributed by atoms with van der Waals surface area (Å²) >= 11 is 0. The maximum Gasteiger partial charge on any atom is 0.0693 e. The van der Waals surface area contributed by atoms with Crippen molar-refractivity contribution < 1.29 is 10.2 Å². The molecule has 1 fully saturated rings. The van der Waals surface area contributed by atoms with Crippen LogP contribution < -0.4 is 5.32 Å². The third-order valence-electron chi connectivity index (χ3n) is 2.54. The molecular weight excluding hydrogens is 154 g/mol. The van der Waals surface area contributed by atoms with Gasteiger partial charge in [0.05, 0.1) is 6.10 Å². The molecule has 0 radical (unpaired) electrons. The summed E-state index contributed by atoms with van der Waals surface area (Å²) in [5.74, 6) is 0. The van der Waals surface area contributed by atoms with Crippen LogP contribution in [0.4, 0.5) is 0 Å². The van der Waals surface area contributed by atoms with Crippen molar-refractivity contribution in [3.63, 3.8) is 0 Å². The summed E-state index contributed by atoms with van der Waals surface area (Å²) in [5.41, 5.74) is 0. The quantitative estimate of drug-likeness (QED) is 0.571. The molecule has 3 nitrogen and oxygen atoms in total. The van der Waals surface area contributed by atoms with Crippen LogP contribution in [0.3, 0.4) is 0 Å². The highest BCUT2D eigenvalue weighted by Crippen LogP contribution is 2.19. The van der Waals surface area contributed by atoms with E-state index in [0.717, 1.165) is 25.7 Å². The predicted octanol–water partition coefficient (Wildman–Crippen LogP) is 0.260. The molecule has 0 heterocycles. The molecule has 3 unspecified atom stereocenters. The van der Waals surface area contributed by atoms with Gasteiger partial charge in [0.1, 0.15) is 0 Å². The Hall–Kier alpha value is -0.120. The van der Waals surface area contributed by atoms with Gasteiger partial charge < -0.3 is 15.5 Å². The summed E-state index contributed by atoms with van der Waals surface area (Å²) in [6, 6.07) is 0.569. The molecule has 12 heavy (non-hydrogen) atoms. The summed E-state index contributed by atoms with van der Waals surface area (Å²) < 4.78 is 0. The van der Waals surface area contributed by atoms with E-state index in [1.807, 2.05) is 6.92 Å². The van der Waals surface area contributed by atoms with E-state index >= 15 is 0 Å². The second-order valence-electron chi connectivity index (χ2n) is 3.68. The summed E-state index contributed by atoms with van der Waals surface area (Å²) in [7, 11) is 0. The highest BCUT2D eigenvalue weighted by Gasteiger charge is 2.25. The number of rotatable bonds is 4. The lowest BCUT2D eigenvalue weighted by Gasteiger charge is -2.21. The Bertz CT molecular complexity index is 130. The lowest BCUT2D eigenvalue weighted by molar-refractivity contribution is 0.140. The van der Waals surface area contributed by atoms with Gasteiger partial charge in [-0.25, -0.2) is 0 Å². The molecule has 1 aliphatic carbocycles. The molecule has 0 saturated heterocycles. The molecule has 0 spiro atoms. The minimum absolute atomic E-state index is 0.175. The minimum Gasteiger partial charge on any atom is -0.396 e. The SMILES string of the molecule is CC(CCO)NC1CCCC1O. The zero-order valence-electron chi connectivity index (χ0n) is 7.66. The Morgan fingerprint density at radius 1 is 1.50 bits per heavy atom. The molecule has 3 atom stereocenters. The van der Waals surface area contributed by atoms with E-state index in [2.05, 4.69) is 5.32 Å². The summed E-state index contributed by atoms with van der Waals surface area (Å²) in [5, 5.41) is 21.5. The molecule has 72 valence electrons. The largest absolute Gasteiger partial charge is 0.396 e. The fourth-order valence-corrected chi connectivity index (χ4v) is 1.78. The smallest absolute Gasteiger partial charge is 0.0693 e. The Kier molecular flexibility index (Phi) is 3.98. The summed E-state index contributed by atoms with van der Waals surface area (Å²) in [6.07, 6.45) is 3.69. The molecule has 0 bridgehead atoms. The Balaban J connectivity index is 2.20. The van der Waals surface area contributed by atoms with E-state index in [4.69, 9.17) is 5.11 Å². The molecule has 3 heteroatoms. The number of aliphatic hydroxyl groups excluding tert-OH is 2. The van der Waals surface area contributed by atoms with Gasteiger partial charge >= 0.3 is 0 Å². The standard InChI is InChI=1S/C9H19NO2/c1-7(5-6-11)10-8-3-2-4-9(8)12/h7-12H,2-6H2,1H3. The lowest BCUT2D eigenvalue weighted by atomic mass is 10.1. The van der Waals surface area contributed by atoms with Crippen LogP contribution in [0.5, 0.6) is 0 Å². The number of hydrogen-bond donors (Lipinski definition) is 3. The van der Waals surface area contributed by atoms with Crippen LogP contribution in [-0.4, -0.2) is 35.0 Å². The molecule has 1 rings (SSSR count). The van der Waals surface area contributed by atoms with Gasteiger partial charge in [-0.2, -0.15) is 0 Å². The van der Waals surface area contributed by atoms with Crippen LogP contribution in [0.1, 0.15) is 32.6 Å². The zero-order chi connectivity index (χ0) is 8.97. The van der Waals surface area contributed by atoms with E-state index < -0.39 is 0 Å². The number of aliphatic hydroxyl groups is 2. The molecule has 0 aromatic heterocycles. The van der Waals surface area contributed by atoms with Gasteiger partial charge in [-0.3, -0.25) is 0 Å². The van der Waals surface area contributed by atoms with Crippen LogP contribution in [0, 0.1) is 0 Å². The van der Waals surface area contributed by atoms with Crippen LogP contribution >= 0.6 is 0 Å². The van der Waals surface area contributed by atoms with Gasteiger partial charge in [-0.05, 0) is 32.6 Å². The Morgan fingerprint density at radius 2 is 2.25 bits per heavy atom. The van der Waals surface area contributed by atoms with Crippen molar-refractivity contribution in [2.45, 2.75) is 50.8 Å². The topological polar surface area (TPSA) is 52.5 Å². The van der Waals surface area contributed by atoms with Crippen LogP contribution in [0.15, 0.2) is 0 Å². The van der Waals surface area contributed by atoms with Crippen molar-refractivity contribution >= 4 is 0 Å². The van der Waals surface area contributed by atoms with E-state index in [1.165, 1.54) is 0 Å². The van der Waals surface area contributed by atoms with E-state index in [-0.39, 0.29) is 18.8 Å². The van der Waals surface area contributed by atoms with Crippen molar-refractivity contribution in [3.8, 4) is 0 Å². The average molecular weight is 173 g/mol. The summed E-state index contributed by atoms with van der Waals surface area (Å²) in [4.78, 5) is 0. The van der Waals surface area contributed by atoms with E-state index in [1.54, 1.807) is 0 Å². The molecule has 0 amide bonds. The fraction of sp³-hybridized carbons (Fsp3) is 1.00. The first kappa shape index (κ1) is 9.96. The third kappa shape index (κ3) is 2.73. The van der Waals surface area contributed by atoms with Crippen LogP contribution in [-0.2, 0) is 0 Å². The van der Waals surface area contributed by atoms with E-state index in [0.29, 0.717) is 6.04 Å². The van der Waals surface area contributed by atoms with Gasteiger partial charge in [0.15, 0.2) is 0 Å². The number of nitrogens with one attached hydrogen (secondary N) is 1. The second kappa shape index (κ2) is 4.80. The first-order chi connectivity index (χ1) is 5.74. The predicted molar refractivity (Wildman–Crippen MR) is 47.9 cm³/mol. The monoisotopic (exact) mass is 173 g/mol. The highest BCUT2D eigenvalue weighted by atomic mass is 16.3. The van der Waals surface area contributed by atoms with Crippen LogP contribution in [0.2, 0.25) is 0 Å². The molecule has 0 aliphatic heterocycles. The third-order valence-corrected chi connectivity index (χ3v) is 2.54. The van der Waals surface area contributed by atoms with Gasteiger partial charge in [0, 0.05) is 18.7 Å². The van der Waals surface area contributed by atoms with Crippen LogP contribution in [0.25, 0.3) is 0 Å². The minimum atomic E-state index is -0.175. The second-order valence-corrected chi connectivity index (χ2v) is 3.68. The van der Waals surface area contributed by atoms with Gasteiger partial charge in [0.25, 0.3) is 0 Å². The van der Waals surface area contributed by atoms with Crippen molar-refractivity contribution in [1.29, 1.82) is 0 Å². The Morgan fingerprint density at radius 3 is 2.75 bits per heavy atom. The first-order valence-electron chi connectivity index (χ1n) is 4.79. The molecule has 1 aliphatic rings. The molecule has 3 N–H and O–H groups in total. The van der Waals surface area contributed by atoms with Crippen molar-refractivity contribution in [3.05, 3.63) is 0 Å². The van der Waals surface area contributed by atoms with Crippen molar-refractivity contribution in [1.82, 2.24) is 5.32 Å². The normalized spacial score (nSPS) is 32.2. The van der Waals surface area contributed by atoms with Gasteiger partial charge in [-0.15, -0.1) is 0 Å². The average Bonchev–Trinajstić information content (AvgIpc) is 2.37. The van der Waals surface area contributed by atoms with E-state index in [9.17, 15) is 5.11 Å². The number of hydrogen-bond acceptors (Lipinski definition) is 3. The molecule has 0 aromatic carbocycles. The maximum absolute atomic E-state index is 9.48. The zero-order valence-corrected chi connectivity index (χ0v) is 7.66. The Labute approximate surface area is 73.8 Å². The molecular formula is C9H19NO2. The molecule has 0 aromatic rings. The van der Waals surface area contributed by atoms with Gasteiger partial charge in [0.2, 0.25) is 0 Å². The first-order valence-corrected chi connectivity index (χ1v) is 4.79. The summed E-state index contributed by atoms with van der Waals surface area (Å²) in [6.45, 7) is 2.26. The maximum atomic E-state index is 9.48. The van der Waals surface area contributed by atoms with Crippen molar-refractivity contribution in [2.75, 3.05) is 6.61 Å². The highest BCUT2D eigenvalue weighted by molar-refractivity contribution is 4.84. The van der Waals surface area contributed by atoms with Gasteiger partial charge in [-0.1, -0.05) is 0 Å². The van der Waals surface area contributed by atoms with Crippen molar-refractivity contribution in [2.24, 2.45) is 0 Å². The fourth-order valence-electron chi connectivity index (χ4n) is 1.78. The molecule has 1 saturated carbocycles. The lowest BCUT2D eigenvalue weighted by Crippen LogP contribution is -2.41.